The van der Waals surface area contributed by atoms with Crippen molar-refractivity contribution in [2.24, 2.45) is 5.73 Å². The average molecular weight is 267 g/mol. The maximum atomic E-state index is 6.51. The van der Waals surface area contributed by atoms with Gasteiger partial charge in [-0.05, 0) is 49.3 Å². The number of nitrogens with two attached hydrogens (primary N) is 1. The van der Waals surface area contributed by atoms with E-state index in [4.69, 9.17) is 5.73 Å². The normalized spacial score (nSPS) is 14.0. The SMILES string of the molecule is CCC(c1ccccc1)C(N)Cc1cc(C)ccc1C. The van der Waals surface area contributed by atoms with Gasteiger partial charge in [-0.2, -0.15) is 0 Å². The van der Waals surface area contributed by atoms with Crippen LogP contribution in [0.2, 0.25) is 0 Å². The minimum Gasteiger partial charge on any atom is -0.327 e. The lowest BCUT2D eigenvalue weighted by molar-refractivity contribution is 0.514. The molecule has 106 valence electrons. The Hall–Kier alpha value is -1.60. The van der Waals surface area contributed by atoms with Crippen LogP contribution in [-0.4, -0.2) is 6.04 Å². The largest absolute Gasteiger partial charge is 0.327 e. The first kappa shape index (κ1) is 14.8. The summed E-state index contributed by atoms with van der Waals surface area (Å²) in [4.78, 5) is 0. The van der Waals surface area contributed by atoms with Crippen LogP contribution in [-0.2, 0) is 6.42 Å². The van der Waals surface area contributed by atoms with Gasteiger partial charge < -0.3 is 5.73 Å². The van der Waals surface area contributed by atoms with Crippen molar-refractivity contribution >= 4 is 0 Å². The van der Waals surface area contributed by atoms with E-state index in [0.29, 0.717) is 5.92 Å². The average Bonchev–Trinajstić information content (AvgIpc) is 2.45. The molecule has 0 bridgehead atoms. The van der Waals surface area contributed by atoms with Crippen molar-refractivity contribution in [1.29, 1.82) is 0 Å². The van der Waals surface area contributed by atoms with Crippen LogP contribution in [0, 0.1) is 13.8 Å². The molecule has 2 atom stereocenters. The smallest absolute Gasteiger partial charge is 0.0148 e. The zero-order valence-corrected chi connectivity index (χ0v) is 12.8. The molecule has 0 aromatic heterocycles. The summed E-state index contributed by atoms with van der Waals surface area (Å²) >= 11 is 0. The summed E-state index contributed by atoms with van der Waals surface area (Å²) in [5, 5.41) is 0. The Morgan fingerprint density at radius 2 is 1.70 bits per heavy atom. The molecule has 0 aliphatic heterocycles. The van der Waals surface area contributed by atoms with E-state index < -0.39 is 0 Å². The minimum atomic E-state index is 0.169. The first-order valence-corrected chi connectivity index (χ1v) is 7.48. The summed E-state index contributed by atoms with van der Waals surface area (Å²) in [7, 11) is 0. The van der Waals surface area contributed by atoms with E-state index in [-0.39, 0.29) is 6.04 Å². The van der Waals surface area contributed by atoms with Gasteiger partial charge in [0.1, 0.15) is 0 Å². The molecule has 0 aliphatic carbocycles. The van der Waals surface area contributed by atoms with Crippen molar-refractivity contribution in [1.82, 2.24) is 0 Å². The predicted molar refractivity (Wildman–Crippen MR) is 87.1 cm³/mol. The van der Waals surface area contributed by atoms with Crippen LogP contribution in [0.25, 0.3) is 0 Å². The Morgan fingerprint density at radius 1 is 1.00 bits per heavy atom. The highest BCUT2D eigenvalue weighted by Crippen LogP contribution is 2.25. The molecule has 2 aromatic carbocycles. The molecule has 2 N–H and O–H groups in total. The molecular formula is C19H25N. The van der Waals surface area contributed by atoms with E-state index in [1.807, 2.05) is 0 Å². The Morgan fingerprint density at radius 3 is 2.35 bits per heavy atom. The van der Waals surface area contributed by atoms with Crippen molar-refractivity contribution in [3.8, 4) is 0 Å². The standard InChI is InChI=1S/C19H25N/c1-4-18(16-8-6-5-7-9-16)19(20)13-17-12-14(2)10-11-15(17)3/h5-12,18-19H,4,13,20H2,1-3H3. The van der Waals surface area contributed by atoms with E-state index in [1.54, 1.807) is 0 Å². The van der Waals surface area contributed by atoms with Crippen LogP contribution in [0.5, 0.6) is 0 Å². The molecule has 2 unspecified atom stereocenters. The quantitative estimate of drug-likeness (QED) is 0.855. The first-order valence-electron chi connectivity index (χ1n) is 7.48. The van der Waals surface area contributed by atoms with Gasteiger partial charge in [-0.1, -0.05) is 61.0 Å². The van der Waals surface area contributed by atoms with Gasteiger partial charge in [-0.25, -0.2) is 0 Å². The second kappa shape index (κ2) is 6.71. The maximum Gasteiger partial charge on any atom is 0.0148 e. The van der Waals surface area contributed by atoms with Crippen LogP contribution in [0.1, 0.15) is 41.5 Å². The second-order valence-corrected chi connectivity index (χ2v) is 5.72. The van der Waals surface area contributed by atoms with Crippen LogP contribution in [0.15, 0.2) is 48.5 Å². The zero-order valence-electron chi connectivity index (χ0n) is 12.8. The Kier molecular flexibility index (Phi) is 4.97. The molecule has 0 spiro atoms. The second-order valence-electron chi connectivity index (χ2n) is 5.72. The Bertz CT molecular complexity index is 545. The molecule has 1 nitrogen and oxygen atoms in total. The number of hydrogen-bond acceptors (Lipinski definition) is 1. The van der Waals surface area contributed by atoms with Gasteiger partial charge in [0.05, 0.1) is 0 Å². The molecular weight excluding hydrogens is 242 g/mol. The monoisotopic (exact) mass is 267 g/mol. The summed E-state index contributed by atoms with van der Waals surface area (Å²) in [6.45, 7) is 6.54. The zero-order chi connectivity index (χ0) is 14.5. The molecule has 1 heteroatoms. The molecule has 20 heavy (non-hydrogen) atoms. The van der Waals surface area contributed by atoms with Crippen molar-refractivity contribution in [3.63, 3.8) is 0 Å². The van der Waals surface area contributed by atoms with Gasteiger partial charge in [0.2, 0.25) is 0 Å². The Balaban J connectivity index is 2.17. The van der Waals surface area contributed by atoms with E-state index in [0.717, 1.165) is 12.8 Å². The third-order valence-electron chi connectivity index (χ3n) is 4.14. The van der Waals surface area contributed by atoms with Gasteiger partial charge in [0, 0.05) is 6.04 Å². The number of hydrogen-bond donors (Lipinski definition) is 1. The summed E-state index contributed by atoms with van der Waals surface area (Å²) in [5.74, 6) is 0.427. The predicted octanol–water partition coefficient (Wildman–Crippen LogP) is 4.37. The van der Waals surface area contributed by atoms with Crippen LogP contribution in [0.4, 0.5) is 0 Å². The molecule has 0 aliphatic rings. The van der Waals surface area contributed by atoms with E-state index in [2.05, 4.69) is 69.3 Å². The highest BCUT2D eigenvalue weighted by Gasteiger charge is 2.18. The van der Waals surface area contributed by atoms with Crippen LogP contribution >= 0.6 is 0 Å². The molecule has 2 aromatic rings. The lowest BCUT2D eigenvalue weighted by atomic mass is 9.85. The van der Waals surface area contributed by atoms with Gasteiger partial charge in [0.15, 0.2) is 0 Å². The van der Waals surface area contributed by atoms with Gasteiger partial charge in [-0.15, -0.1) is 0 Å². The van der Waals surface area contributed by atoms with Crippen molar-refractivity contribution < 1.29 is 0 Å². The first-order chi connectivity index (χ1) is 9.61. The maximum absolute atomic E-state index is 6.51. The number of aryl methyl sites for hydroxylation is 2. The van der Waals surface area contributed by atoms with Gasteiger partial charge >= 0.3 is 0 Å². The fraction of sp³-hybridized carbons (Fsp3) is 0.368. The van der Waals surface area contributed by atoms with Gasteiger partial charge in [-0.3, -0.25) is 0 Å². The topological polar surface area (TPSA) is 26.0 Å². The fourth-order valence-electron chi connectivity index (χ4n) is 2.90. The lowest BCUT2D eigenvalue weighted by Gasteiger charge is -2.24. The van der Waals surface area contributed by atoms with Gasteiger partial charge in [0.25, 0.3) is 0 Å². The van der Waals surface area contributed by atoms with Crippen LogP contribution < -0.4 is 5.73 Å². The minimum absolute atomic E-state index is 0.169. The fourth-order valence-corrected chi connectivity index (χ4v) is 2.90. The highest BCUT2D eigenvalue weighted by molar-refractivity contribution is 5.32. The van der Waals surface area contributed by atoms with Crippen molar-refractivity contribution in [2.75, 3.05) is 0 Å². The van der Waals surface area contributed by atoms with Crippen molar-refractivity contribution in [3.05, 3.63) is 70.8 Å². The summed E-state index contributed by atoms with van der Waals surface area (Å²) in [5.41, 5.74) is 11.9. The molecule has 0 radical (unpaired) electrons. The van der Waals surface area contributed by atoms with E-state index >= 15 is 0 Å². The van der Waals surface area contributed by atoms with Crippen LogP contribution in [0.3, 0.4) is 0 Å². The molecule has 0 saturated carbocycles. The third-order valence-corrected chi connectivity index (χ3v) is 4.14. The molecule has 2 rings (SSSR count). The summed E-state index contributed by atoms with van der Waals surface area (Å²) in [6.07, 6.45) is 2.02. The number of rotatable bonds is 5. The lowest BCUT2D eigenvalue weighted by Crippen LogP contribution is -2.30. The third kappa shape index (κ3) is 3.49. The van der Waals surface area contributed by atoms with Crippen molar-refractivity contribution in [2.45, 2.75) is 45.6 Å². The molecule has 0 saturated heterocycles. The molecule has 0 heterocycles. The van der Waals surface area contributed by atoms with E-state index in [9.17, 15) is 0 Å². The summed E-state index contributed by atoms with van der Waals surface area (Å²) in [6, 6.07) is 17.4. The summed E-state index contributed by atoms with van der Waals surface area (Å²) < 4.78 is 0. The van der Waals surface area contributed by atoms with E-state index in [1.165, 1.54) is 22.3 Å². The Labute approximate surface area is 122 Å². The highest BCUT2D eigenvalue weighted by atomic mass is 14.6. The molecule has 0 fully saturated rings. The number of benzene rings is 2. The molecule has 0 amide bonds.